The highest BCUT2D eigenvalue weighted by atomic mass is 127. The minimum Gasteiger partial charge on any atom is -0.354 e. The van der Waals surface area contributed by atoms with Crippen LogP contribution in [0.5, 0.6) is 0 Å². The number of piperidine rings is 1. The van der Waals surface area contributed by atoms with Crippen molar-refractivity contribution in [3.05, 3.63) is 31.4 Å². The molecule has 0 aromatic carbocycles. The van der Waals surface area contributed by atoms with Gasteiger partial charge in [-0.2, -0.15) is 5.10 Å². The number of likely N-dealkylation sites (tertiary alicyclic amines) is 1. The highest BCUT2D eigenvalue weighted by Gasteiger charge is 2.28. The van der Waals surface area contributed by atoms with Gasteiger partial charge < -0.3 is 14.8 Å². The number of nitrogens with one attached hydrogen (secondary N) is 1. The normalized spacial score (nSPS) is 21.4. The summed E-state index contributed by atoms with van der Waals surface area (Å²) in [4.78, 5) is 14.9. The second-order valence-electron chi connectivity index (χ2n) is 5.92. The predicted molar refractivity (Wildman–Crippen MR) is 103 cm³/mol. The zero-order valence-electron chi connectivity index (χ0n) is 14.1. The van der Waals surface area contributed by atoms with E-state index in [1.165, 1.54) is 0 Å². The van der Waals surface area contributed by atoms with E-state index in [1.807, 2.05) is 30.5 Å². The van der Waals surface area contributed by atoms with Crippen LogP contribution in [0.15, 0.2) is 36.4 Å². The highest BCUT2D eigenvalue weighted by Crippen LogP contribution is 2.27. The molecule has 24 heavy (non-hydrogen) atoms. The monoisotopic (exact) mass is 444 g/mol. The molecule has 8 nitrogen and oxygen atoms in total. The van der Waals surface area contributed by atoms with Gasteiger partial charge in [0.1, 0.15) is 12.7 Å². The summed E-state index contributed by atoms with van der Waals surface area (Å²) in [7, 11) is 1.84. The van der Waals surface area contributed by atoms with Crippen LogP contribution in [0.4, 0.5) is 0 Å². The van der Waals surface area contributed by atoms with Gasteiger partial charge in [-0.3, -0.25) is 9.67 Å². The van der Waals surface area contributed by atoms with Gasteiger partial charge >= 0.3 is 0 Å². The van der Waals surface area contributed by atoms with Gasteiger partial charge in [-0.15, -0.1) is 24.0 Å². The second kappa shape index (κ2) is 9.00. The lowest BCUT2D eigenvalue weighted by Crippen LogP contribution is -2.49. The Labute approximate surface area is 159 Å². The summed E-state index contributed by atoms with van der Waals surface area (Å²) in [6.07, 6.45) is 10.2. The standard InChI is InChI=1S/C15H24N8.HI/c1-13-3-6-21(9-14(13)22-7-4-17-11-22)15(16-2)19-5-8-23-12-18-10-20-23;/h4,7,10-14H,3,5-6,8-9H2,1-2H3,(H,16,19);1H. The third-order valence-electron chi connectivity index (χ3n) is 4.43. The number of nitrogens with zero attached hydrogens (tertiary/aromatic N) is 7. The summed E-state index contributed by atoms with van der Waals surface area (Å²) in [6.45, 7) is 5.82. The van der Waals surface area contributed by atoms with Crippen LogP contribution in [0, 0.1) is 5.92 Å². The number of aromatic nitrogens is 5. The molecule has 2 atom stereocenters. The molecule has 1 aliphatic heterocycles. The van der Waals surface area contributed by atoms with Crippen molar-refractivity contribution in [1.29, 1.82) is 0 Å². The minimum atomic E-state index is 0. The Morgan fingerprint density at radius 2 is 2.21 bits per heavy atom. The average Bonchev–Trinajstić information content (AvgIpc) is 3.26. The molecular formula is C15H25IN8. The number of imidazole rings is 1. The van der Waals surface area contributed by atoms with Crippen LogP contribution in [0.3, 0.4) is 0 Å². The fourth-order valence-electron chi connectivity index (χ4n) is 3.06. The first-order valence-electron chi connectivity index (χ1n) is 8.03. The summed E-state index contributed by atoms with van der Waals surface area (Å²) in [6, 6.07) is 0.431. The Morgan fingerprint density at radius 1 is 1.33 bits per heavy atom. The molecule has 0 saturated carbocycles. The first kappa shape index (κ1) is 18.7. The molecule has 1 N–H and O–H groups in total. The van der Waals surface area contributed by atoms with Crippen molar-refractivity contribution in [2.45, 2.75) is 25.9 Å². The number of rotatable bonds is 4. The molecule has 3 rings (SSSR count). The Balaban J connectivity index is 0.00000208. The van der Waals surface area contributed by atoms with E-state index >= 15 is 0 Å². The van der Waals surface area contributed by atoms with Crippen LogP contribution in [0.25, 0.3) is 0 Å². The lowest BCUT2D eigenvalue weighted by atomic mass is 9.93. The molecule has 0 spiro atoms. The molecule has 1 fully saturated rings. The molecule has 2 aromatic heterocycles. The molecule has 3 heterocycles. The Morgan fingerprint density at radius 3 is 2.88 bits per heavy atom. The van der Waals surface area contributed by atoms with Gasteiger partial charge in [-0.05, 0) is 12.3 Å². The summed E-state index contributed by atoms with van der Waals surface area (Å²) in [5.41, 5.74) is 0. The van der Waals surface area contributed by atoms with Gasteiger partial charge in [0.05, 0.1) is 18.9 Å². The van der Waals surface area contributed by atoms with E-state index in [1.54, 1.807) is 12.7 Å². The number of aliphatic imine (C=N–C) groups is 1. The van der Waals surface area contributed by atoms with Crippen molar-refractivity contribution >= 4 is 29.9 Å². The van der Waals surface area contributed by atoms with Crippen LogP contribution in [-0.4, -0.2) is 61.9 Å². The van der Waals surface area contributed by atoms with Crippen LogP contribution in [-0.2, 0) is 6.54 Å². The number of hydrogen-bond acceptors (Lipinski definition) is 4. The molecule has 0 bridgehead atoms. The maximum Gasteiger partial charge on any atom is 0.193 e. The first-order chi connectivity index (χ1) is 11.3. The topological polar surface area (TPSA) is 76.2 Å². The van der Waals surface area contributed by atoms with E-state index in [0.717, 1.165) is 38.6 Å². The smallest absolute Gasteiger partial charge is 0.193 e. The van der Waals surface area contributed by atoms with Crippen molar-refractivity contribution in [3.8, 4) is 0 Å². The maximum absolute atomic E-state index is 4.43. The van der Waals surface area contributed by atoms with E-state index in [2.05, 4.69) is 41.8 Å². The number of hydrogen-bond donors (Lipinski definition) is 1. The van der Waals surface area contributed by atoms with Crippen LogP contribution in [0.2, 0.25) is 0 Å². The predicted octanol–water partition coefficient (Wildman–Crippen LogP) is 1.25. The van der Waals surface area contributed by atoms with Gasteiger partial charge in [0.25, 0.3) is 0 Å². The molecule has 2 unspecified atom stereocenters. The van der Waals surface area contributed by atoms with Crippen molar-refractivity contribution in [2.24, 2.45) is 10.9 Å². The van der Waals surface area contributed by atoms with Gasteiger partial charge in [-0.25, -0.2) is 9.97 Å². The fourth-order valence-corrected chi connectivity index (χ4v) is 3.06. The Hall–Kier alpha value is -1.65. The minimum absolute atomic E-state index is 0. The zero-order chi connectivity index (χ0) is 16.1. The van der Waals surface area contributed by atoms with Crippen LogP contribution < -0.4 is 5.32 Å². The molecule has 1 aliphatic rings. The van der Waals surface area contributed by atoms with Crippen LogP contribution in [0.1, 0.15) is 19.4 Å². The lowest BCUT2D eigenvalue weighted by Gasteiger charge is -2.39. The number of guanidine groups is 1. The van der Waals surface area contributed by atoms with Gasteiger partial charge in [0.2, 0.25) is 0 Å². The van der Waals surface area contributed by atoms with Crippen molar-refractivity contribution < 1.29 is 0 Å². The molecule has 0 aliphatic carbocycles. The fraction of sp³-hybridized carbons (Fsp3) is 0.600. The molecule has 132 valence electrons. The summed E-state index contributed by atoms with van der Waals surface area (Å²) >= 11 is 0. The van der Waals surface area contributed by atoms with Crippen molar-refractivity contribution in [2.75, 3.05) is 26.7 Å². The SMILES string of the molecule is CN=C(NCCn1cncn1)N1CCC(C)C(n2ccnc2)C1.I. The summed E-state index contributed by atoms with van der Waals surface area (Å²) in [5, 5.41) is 7.53. The summed E-state index contributed by atoms with van der Waals surface area (Å²) < 4.78 is 4.02. The second-order valence-corrected chi connectivity index (χ2v) is 5.92. The third kappa shape index (κ3) is 4.46. The van der Waals surface area contributed by atoms with E-state index in [0.29, 0.717) is 12.0 Å². The molecule has 0 amide bonds. The molecule has 0 radical (unpaired) electrons. The molecule has 2 aromatic rings. The van der Waals surface area contributed by atoms with E-state index in [-0.39, 0.29) is 24.0 Å². The summed E-state index contributed by atoms with van der Waals surface area (Å²) in [5.74, 6) is 1.58. The van der Waals surface area contributed by atoms with Crippen molar-refractivity contribution in [3.63, 3.8) is 0 Å². The van der Waals surface area contributed by atoms with Crippen LogP contribution >= 0.6 is 24.0 Å². The quantitative estimate of drug-likeness (QED) is 0.437. The third-order valence-corrected chi connectivity index (χ3v) is 4.43. The van der Waals surface area contributed by atoms with E-state index in [4.69, 9.17) is 0 Å². The maximum atomic E-state index is 4.43. The Kier molecular flexibility index (Phi) is 7.00. The Bertz CT molecular complexity index is 609. The van der Waals surface area contributed by atoms with E-state index < -0.39 is 0 Å². The molecule has 9 heteroatoms. The van der Waals surface area contributed by atoms with Crippen molar-refractivity contribution in [1.82, 2.24) is 34.5 Å². The average molecular weight is 444 g/mol. The molecule has 1 saturated heterocycles. The van der Waals surface area contributed by atoms with Gasteiger partial charge in [-0.1, -0.05) is 6.92 Å². The number of halogens is 1. The van der Waals surface area contributed by atoms with E-state index in [9.17, 15) is 0 Å². The highest BCUT2D eigenvalue weighted by molar-refractivity contribution is 14.0. The zero-order valence-corrected chi connectivity index (χ0v) is 16.4. The largest absolute Gasteiger partial charge is 0.354 e. The first-order valence-corrected chi connectivity index (χ1v) is 8.03. The van der Waals surface area contributed by atoms with Gasteiger partial charge in [0, 0.05) is 39.1 Å². The lowest BCUT2D eigenvalue weighted by molar-refractivity contribution is 0.189. The van der Waals surface area contributed by atoms with Gasteiger partial charge in [0.15, 0.2) is 5.96 Å². The molecular weight excluding hydrogens is 419 g/mol.